The minimum Gasteiger partial charge on any atom is -0.379 e. The fourth-order valence-corrected chi connectivity index (χ4v) is 4.11. The van der Waals surface area contributed by atoms with Crippen LogP contribution in [0.25, 0.3) is 0 Å². The van der Waals surface area contributed by atoms with Crippen molar-refractivity contribution in [3.63, 3.8) is 0 Å². The highest BCUT2D eigenvalue weighted by Gasteiger charge is 2.40. The molecule has 0 fully saturated rings. The van der Waals surface area contributed by atoms with Crippen molar-refractivity contribution in [1.29, 1.82) is 0 Å². The van der Waals surface area contributed by atoms with Crippen LogP contribution in [0, 0.1) is 5.82 Å². The Hall–Kier alpha value is -2.19. The van der Waals surface area contributed by atoms with Crippen molar-refractivity contribution in [3.05, 3.63) is 58.6 Å². The zero-order chi connectivity index (χ0) is 19.6. The number of nitrogens with two attached hydrogens (primary N) is 1. The van der Waals surface area contributed by atoms with Crippen molar-refractivity contribution in [3.8, 4) is 0 Å². The van der Waals surface area contributed by atoms with Gasteiger partial charge in [0.1, 0.15) is 23.7 Å². The standard InChI is InChI=1S/C18H17ClF2N4OS/c1-10-7-18(9-20,25-17(22)27-10)13-6-12(3-4-14(13)21)24-16(26)15-5-2-11(19)8-23-15/h2-6,8,10H,7,9H2,1H3,(H2,22,25)(H,24,26)/t10-,18-/m1/s1. The quantitative estimate of drug-likeness (QED) is 0.794. The number of nitrogens with zero attached hydrogens (tertiary/aromatic N) is 2. The van der Waals surface area contributed by atoms with Crippen LogP contribution in [0.4, 0.5) is 14.5 Å². The van der Waals surface area contributed by atoms with Crippen LogP contribution in [0.2, 0.25) is 5.02 Å². The van der Waals surface area contributed by atoms with E-state index in [0.717, 1.165) is 0 Å². The number of aliphatic imine (C=N–C) groups is 1. The molecule has 1 aliphatic heterocycles. The molecule has 0 aliphatic carbocycles. The lowest BCUT2D eigenvalue weighted by Crippen LogP contribution is -2.37. The highest BCUT2D eigenvalue weighted by Crippen LogP contribution is 2.41. The number of hydrogen-bond donors (Lipinski definition) is 2. The molecule has 3 rings (SSSR count). The van der Waals surface area contributed by atoms with E-state index in [9.17, 15) is 13.6 Å². The summed E-state index contributed by atoms with van der Waals surface area (Å²) in [6.07, 6.45) is 1.64. The number of anilines is 1. The van der Waals surface area contributed by atoms with Gasteiger partial charge in [0.05, 0.1) is 5.02 Å². The monoisotopic (exact) mass is 410 g/mol. The number of carbonyl (C=O) groups is 1. The maximum Gasteiger partial charge on any atom is 0.274 e. The molecule has 0 bridgehead atoms. The van der Waals surface area contributed by atoms with Gasteiger partial charge in [-0.3, -0.25) is 4.79 Å². The normalized spacial score (nSPS) is 22.2. The average Bonchev–Trinajstić information content (AvgIpc) is 2.62. The molecule has 0 unspecified atom stereocenters. The molecule has 0 saturated heterocycles. The number of pyridine rings is 1. The molecule has 1 aromatic carbocycles. The molecule has 0 radical (unpaired) electrons. The first-order chi connectivity index (χ1) is 12.8. The molecule has 5 nitrogen and oxygen atoms in total. The number of carbonyl (C=O) groups excluding carboxylic acids is 1. The second-order valence-corrected chi connectivity index (χ2v) is 8.15. The maximum absolute atomic E-state index is 14.5. The molecular formula is C18H17ClF2N4OS. The van der Waals surface area contributed by atoms with E-state index in [0.29, 0.717) is 17.1 Å². The molecule has 1 aromatic heterocycles. The fourth-order valence-electron chi connectivity index (χ4n) is 3.00. The van der Waals surface area contributed by atoms with Crippen LogP contribution in [-0.4, -0.2) is 28.0 Å². The molecule has 9 heteroatoms. The topological polar surface area (TPSA) is 80.4 Å². The molecule has 0 saturated carbocycles. The van der Waals surface area contributed by atoms with Gasteiger partial charge in [-0.05, 0) is 36.8 Å². The van der Waals surface area contributed by atoms with Gasteiger partial charge in [0, 0.05) is 22.7 Å². The number of nitrogens with one attached hydrogen (secondary N) is 1. The molecular weight excluding hydrogens is 394 g/mol. The number of amidine groups is 1. The fraction of sp³-hybridized carbons (Fsp3) is 0.278. The second-order valence-electron chi connectivity index (χ2n) is 6.26. The van der Waals surface area contributed by atoms with Crippen LogP contribution in [0.5, 0.6) is 0 Å². The number of halogens is 3. The molecule has 142 valence electrons. The van der Waals surface area contributed by atoms with Crippen molar-refractivity contribution >= 4 is 40.1 Å². The highest BCUT2D eigenvalue weighted by atomic mass is 35.5. The van der Waals surface area contributed by atoms with E-state index in [1.165, 1.54) is 48.3 Å². The van der Waals surface area contributed by atoms with Gasteiger partial charge in [0.15, 0.2) is 5.17 Å². The Bertz CT molecular complexity index is 893. The molecule has 1 aliphatic rings. The largest absolute Gasteiger partial charge is 0.379 e. The Labute approximate surface area is 164 Å². The number of benzene rings is 1. The van der Waals surface area contributed by atoms with Gasteiger partial charge >= 0.3 is 0 Å². The maximum atomic E-state index is 14.5. The van der Waals surface area contributed by atoms with Gasteiger partial charge < -0.3 is 11.1 Å². The van der Waals surface area contributed by atoms with Gasteiger partial charge in [-0.1, -0.05) is 30.3 Å². The Balaban J connectivity index is 1.93. The summed E-state index contributed by atoms with van der Waals surface area (Å²) >= 11 is 7.08. The van der Waals surface area contributed by atoms with Gasteiger partial charge in [-0.15, -0.1) is 0 Å². The Morgan fingerprint density at radius 2 is 2.22 bits per heavy atom. The summed E-state index contributed by atoms with van der Waals surface area (Å²) < 4.78 is 28.5. The van der Waals surface area contributed by atoms with E-state index in [-0.39, 0.29) is 21.7 Å². The van der Waals surface area contributed by atoms with E-state index in [1.807, 2.05) is 6.92 Å². The van der Waals surface area contributed by atoms with Crippen molar-refractivity contribution in [2.45, 2.75) is 24.1 Å². The smallest absolute Gasteiger partial charge is 0.274 e. The number of thioether (sulfide) groups is 1. The molecule has 2 heterocycles. The van der Waals surface area contributed by atoms with Crippen LogP contribution < -0.4 is 11.1 Å². The number of rotatable bonds is 4. The van der Waals surface area contributed by atoms with E-state index >= 15 is 0 Å². The minimum absolute atomic E-state index is 0.0193. The SMILES string of the molecule is C[C@@H]1C[C@@](CF)(c2cc(NC(=O)c3ccc(Cl)cn3)ccc2F)N=C(N)S1. The lowest BCUT2D eigenvalue weighted by molar-refractivity contribution is 0.102. The lowest BCUT2D eigenvalue weighted by Gasteiger charge is -2.34. The summed E-state index contributed by atoms with van der Waals surface area (Å²) in [5, 5.41) is 3.23. The summed E-state index contributed by atoms with van der Waals surface area (Å²) in [6, 6.07) is 6.97. The van der Waals surface area contributed by atoms with Crippen LogP contribution in [-0.2, 0) is 5.54 Å². The lowest BCUT2D eigenvalue weighted by atomic mass is 9.86. The summed E-state index contributed by atoms with van der Waals surface area (Å²) in [5.74, 6) is -1.10. The first-order valence-electron chi connectivity index (χ1n) is 8.14. The van der Waals surface area contributed by atoms with Gasteiger partial charge in [-0.25, -0.2) is 18.8 Å². The zero-order valence-corrected chi connectivity index (χ0v) is 16.0. The van der Waals surface area contributed by atoms with E-state index in [4.69, 9.17) is 17.3 Å². The van der Waals surface area contributed by atoms with Crippen molar-refractivity contribution in [2.75, 3.05) is 12.0 Å². The predicted molar refractivity (Wildman–Crippen MR) is 105 cm³/mol. The number of amides is 1. The van der Waals surface area contributed by atoms with E-state index in [1.54, 1.807) is 0 Å². The first kappa shape index (κ1) is 19.6. The van der Waals surface area contributed by atoms with Crippen LogP contribution in [0.1, 0.15) is 29.4 Å². The Morgan fingerprint density at radius 3 is 2.85 bits per heavy atom. The van der Waals surface area contributed by atoms with Crippen molar-refractivity contribution in [2.24, 2.45) is 10.7 Å². The van der Waals surface area contributed by atoms with E-state index < -0.39 is 23.9 Å². The number of alkyl halides is 1. The molecule has 1 amide bonds. The van der Waals surface area contributed by atoms with Gasteiger partial charge in [-0.2, -0.15) is 0 Å². The van der Waals surface area contributed by atoms with E-state index in [2.05, 4.69) is 15.3 Å². The average molecular weight is 411 g/mol. The number of hydrogen-bond acceptors (Lipinski definition) is 5. The molecule has 3 N–H and O–H groups in total. The third-order valence-corrected chi connectivity index (χ3v) is 5.30. The van der Waals surface area contributed by atoms with Crippen LogP contribution in [0.15, 0.2) is 41.5 Å². The van der Waals surface area contributed by atoms with Crippen molar-refractivity contribution in [1.82, 2.24) is 4.98 Å². The van der Waals surface area contributed by atoms with Crippen LogP contribution >= 0.6 is 23.4 Å². The molecule has 0 spiro atoms. The first-order valence-corrected chi connectivity index (χ1v) is 9.39. The Morgan fingerprint density at radius 1 is 1.44 bits per heavy atom. The third kappa shape index (κ3) is 4.22. The summed E-state index contributed by atoms with van der Waals surface area (Å²) in [6.45, 7) is 0.984. The molecule has 2 atom stereocenters. The summed E-state index contributed by atoms with van der Waals surface area (Å²) in [4.78, 5) is 20.5. The second kappa shape index (κ2) is 7.82. The van der Waals surface area contributed by atoms with Crippen LogP contribution in [0.3, 0.4) is 0 Å². The van der Waals surface area contributed by atoms with Crippen molar-refractivity contribution < 1.29 is 13.6 Å². The summed E-state index contributed by atoms with van der Waals surface area (Å²) in [5.41, 5.74) is 4.91. The minimum atomic E-state index is -1.40. The number of aromatic nitrogens is 1. The Kier molecular flexibility index (Phi) is 5.67. The molecule has 27 heavy (non-hydrogen) atoms. The third-order valence-electron chi connectivity index (χ3n) is 4.18. The van der Waals surface area contributed by atoms with Gasteiger partial charge in [0.2, 0.25) is 0 Å². The summed E-state index contributed by atoms with van der Waals surface area (Å²) in [7, 11) is 0. The highest BCUT2D eigenvalue weighted by molar-refractivity contribution is 8.14. The zero-order valence-electron chi connectivity index (χ0n) is 14.4. The molecule has 2 aromatic rings. The van der Waals surface area contributed by atoms with Gasteiger partial charge in [0.25, 0.3) is 5.91 Å². The predicted octanol–water partition coefficient (Wildman–Crippen LogP) is 4.13.